The predicted molar refractivity (Wildman–Crippen MR) is 87.6 cm³/mol. The van der Waals surface area contributed by atoms with Crippen LogP contribution >= 0.6 is 15.9 Å². The highest BCUT2D eigenvalue weighted by molar-refractivity contribution is 9.10. The molecule has 8 heteroatoms. The van der Waals surface area contributed by atoms with E-state index in [1.54, 1.807) is 4.68 Å². The first-order valence-corrected chi connectivity index (χ1v) is 7.96. The van der Waals surface area contributed by atoms with Crippen LogP contribution in [-0.2, 0) is 9.53 Å². The van der Waals surface area contributed by atoms with Crippen molar-refractivity contribution in [3.8, 4) is 0 Å². The summed E-state index contributed by atoms with van der Waals surface area (Å²) in [6, 6.07) is 7.26. The number of anilines is 1. The van der Waals surface area contributed by atoms with E-state index in [2.05, 4.69) is 43.4 Å². The second-order valence-electron chi connectivity index (χ2n) is 5.56. The Kier molecular flexibility index (Phi) is 4.16. The third-order valence-corrected chi connectivity index (χ3v) is 4.01. The van der Waals surface area contributed by atoms with Crippen molar-refractivity contribution in [3.05, 3.63) is 46.6 Å². The summed E-state index contributed by atoms with van der Waals surface area (Å²) in [4.78, 5) is 12.6. The van der Waals surface area contributed by atoms with Gasteiger partial charge in [-0.2, -0.15) is 0 Å². The average molecular weight is 378 g/mol. The van der Waals surface area contributed by atoms with Crippen LogP contribution in [0.5, 0.6) is 0 Å². The number of carbonyl (C=O) groups is 1. The van der Waals surface area contributed by atoms with Crippen LogP contribution in [-0.4, -0.2) is 32.3 Å². The van der Waals surface area contributed by atoms with Crippen molar-refractivity contribution in [2.75, 3.05) is 5.32 Å². The van der Waals surface area contributed by atoms with Gasteiger partial charge < -0.3 is 10.1 Å². The maximum absolute atomic E-state index is 12.6. The number of hydrogen-bond acceptors (Lipinski definition) is 6. The minimum absolute atomic E-state index is 0.214. The molecule has 0 bridgehead atoms. The second-order valence-corrected chi connectivity index (χ2v) is 6.48. The molecule has 0 fully saturated rings. The predicted octanol–water partition coefficient (Wildman–Crippen LogP) is 2.53. The van der Waals surface area contributed by atoms with Gasteiger partial charge in [0.1, 0.15) is 12.0 Å². The largest absolute Gasteiger partial charge is 0.462 e. The van der Waals surface area contributed by atoms with Crippen molar-refractivity contribution >= 4 is 27.8 Å². The number of nitrogens with one attached hydrogen (secondary N) is 1. The number of ether oxygens (including phenoxy) is 1. The first-order chi connectivity index (χ1) is 11.0. The van der Waals surface area contributed by atoms with E-state index < -0.39 is 12.0 Å². The van der Waals surface area contributed by atoms with E-state index in [1.165, 1.54) is 0 Å². The van der Waals surface area contributed by atoms with Gasteiger partial charge in [0, 0.05) is 10.2 Å². The number of fused-ring (bicyclic) bond motifs is 1. The van der Waals surface area contributed by atoms with Crippen LogP contribution in [0.2, 0.25) is 0 Å². The Morgan fingerprint density at radius 1 is 1.48 bits per heavy atom. The van der Waals surface area contributed by atoms with Crippen LogP contribution in [0.25, 0.3) is 0 Å². The fraction of sp³-hybridized carbons (Fsp3) is 0.333. The maximum Gasteiger partial charge on any atom is 0.317 e. The number of hydrogen-bond donors (Lipinski definition) is 1. The molecule has 2 aromatic rings. The van der Waals surface area contributed by atoms with Crippen LogP contribution in [0, 0.1) is 5.92 Å². The molecule has 23 heavy (non-hydrogen) atoms. The molecular formula is C15H16BrN5O2. The topological polar surface area (TPSA) is 81.9 Å². The summed E-state index contributed by atoms with van der Waals surface area (Å²) in [5, 5.41) is 14.6. The number of nitrogens with zero attached hydrogens (tertiary/aromatic N) is 4. The zero-order chi connectivity index (χ0) is 16.6. The second kappa shape index (κ2) is 6.11. The van der Waals surface area contributed by atoms with Gasteiger partial charge in [-0.1, -0.05) is 39.7 Å². The van der Waals surface area contributed by atoms with E-state index in [1.807, 2.05) is 38.1 Å². The Hall–Kier alpha value is -2.22. The summed E-state index contributed by atoms with van der Waals surface area (Å²) in [6.07, 6.45) is -0.214. The standard InChI is InChI=1S/C15H16BrN5O2/c1-8(2)23-14(22)12-9(3)17-15-18-19-20-21(15)13(12)10-5-4-6-11(16)7-10/h4-8,12-13H,3H2,1-2H3,(H,17,18,20)/t12-,13-/m0/s1. The molecule has 1 aromatic heterocycles. The fourth-order valence-electron chi connectivity index (χ4n) is 2.62. The SMILES string of the molecule is C=C1Nc2nnnn2[C@@H](c2cccc(Br)c2)[C@H]1C(=O)OC(C)C. The van der Waals surface area contributed by atoms with E-state index >= 15 is 0 Å². The highest BCUT2D eigenvalue weighted by Crippen LogP contribution is 2.38. The first kappa shape index (κ1) is 15.7. The van der Waals surface area contributed by atoms with Gasteiger partial charge in [0.05, 0.1) is 6.10 Å². The summed E-state index contributed by atoms with van der Waals surface area (Å²) in [5.41, 5.74) is 1.41. The third-order valence-electron chi connectivity index (χ3n) is 3.52. The van der Waals surface area contributed by atoms with E-state index in [-0.39, 0.29) is 12.1 Å². The molecular weight excluding hydrogens is 362 g/mol. The molecule has 0 saturated heterocycles. The summed E-state index contributed by atoms with van der Waals surface area (Å²) < 4.78 is 7.89. The van der Waals surface area contributed by atoms with Crippen molar-refractivity contribution in [1.82, 2.24) is 20.2 Å². The van der Waals surface area contributed by atoms with Crippen molar-refractivity contribution < 1.29 is 9.53 Å². The van der Waals surface area contributed by atoms with Gasteiger partial charge in [-0.15, -0.1) is 0 Å². The molecule has 1 aromatic carbocycles. The van der Waals surface area contributed by atoms with Gasteiger partial charge >= 0.3 is 5.97 Å². The molecule has 7 nitrogen and oxygen atoms in total. The normalized spacial score (nSPS) is 20.1. The van der Waals surface area contributed by atoms with Gasteiger partial charge in [-0.3, -0.25) is 4.79 Å². The highest BCUT2D eigenvalue weighted by atomic mass is 79.9. The number of aromatic nitrogens is 4. The lowest BCUT2D eigenvalue weighted by atomic mass is 9.89. The number of benzene rings is 1. The van der Waals surface area contributed by atoms with Gasteiger partial charge in [0.25, 0.3) is 0 Å². The van der Waals surface area contributed by atoms with Crippen LogP contribution in [0.3, 0.4) is 0 Å². The van der Waals surface area contributed by atoms with E-state index in [4.69, 9.17) is 4.74 Å². The molecule has 0 aliphatic carbocycles. The minimum Gasteiger partial charge on any atom is -0.462 e. The number of esters is 1. The van der Waals surface area contributed by atoms with Crippen molar-refractivity contribution in [2.45, 2.75) is 26.0 Å². The zero-order valence-electron chi connectivity index (χ0n) is 12.7. The molecule has 120 valence electrons. The number of carbonyl (C=O) groups excluding carboxylic acids is 1. The summed E-state index contributed by atoms with van der Waals surface area (Å²) in [5.74, 6) is -0.528. The molecule has 0 amide bonds. The lowest BCUT2D eigenvalue weighted by molar-refractivity contribution is -0.152. The Morgan fingerprint density at radius 3 is 2.96 bits per heavy atom. The Labute approximate surface area is 141 Å². The van der Waals surface area contributed by atoms with E-state index in [0.29, 0.717) is 11.6 Å². The average Bonchev–Trinajstić information content (AvgIpc) is 2.92. The van der Waals surface area contributed by atoms with Crippen LogP contribution in [0.4, 0.5) is 5.95 Å². The van der Waals surface area contributed by atoms with Gasteiger partial charge in [-0.05, 0) is 42.0 Å². The molecule has 0 unspecified atom stereocenters. The summed E-state index contributed by atoms with van der Waals surface area (Å²) >= 11 is 3.46. The third kappa shape index (κ3) is 2.98. The van der Waals surface area contributed by atoms with Crippen molar-refractivity contribution in [2.24, 2.45) is 5.92 Å². The van der Waals surface area contributed by atoms with Gasteiger partial charge in [0.15, 0.2) is 0 Å². The van der Waals surface area contributed by atoms with Crippen LogP contribution in [0.1, 0.15) is 25.5 Å². The molecule has 2 heterocycles. The van der Waals surface area contributed by atoms with Crippen LogP contribution in [0.15, 0.2) is 41.0 Å². The Morgan fingerprint density at radius 2 is 2.26 bits per heavy atom. The monoisotopic (exact) mass is 377 g/mol. The summed E-state index contributed by atoms with van der Waals surface area (Å²) in [7, 11) is 0. The number of rotatable bonds is 3. The minimum atomic E-state index is -0.622. The van der Waals surface area contributed by atoms with Crippen LogP contribution < -0.4 is 5.32 Å². The quantitative estimate of drug-likeness (QED) is 0.827. The maximum atomic E-state index is 12.6. The summed E-state index contributed by atoms with van der Waals surface area (Å²) in [6.45, 7) is 7.59. The molecule has 1 aliphatic rings. The molecule has 0 radical (unpaired) electrons. The highest BCUT2D eigenvalue weighted by Gasteiger charge is 2.41. The van der Waals surface area contributed by atoms with Crippen molar-refractivity contribution in [1.29, 1.82) is 0 Å². The lowest BCUT2D eigenvalue weighted by Crippen LogP contribution is -2.38. The molecule has 1 N–H and O–H groups in total. The molecule has 3 rings (SSSR count). The molecule has 0 spiro atoms. The first-order valence-electron chi connectivity index (χ1n) is 7.17. The van der Waals surface area contributed by atoms with Gasteiger partial charge in [-0.25, -0.2) is 4.68 Å². The lowest BCUT2D eigenvalue weighted by Gasteiger charge is -2.32. The van der Waals surface area contributed by atoms with E-state index in [9.17, 15) is 4.79 Å². The molecule has 1 aliphatic heterocycles. The fourth-order valence-corrected chi connectivity index (χ4v) is 3.03. The zero-order valence-corrected chi connectivity index (χ0v) is 14.3. The molecule has 0 saturated carbocycles. The Bertz CT molecular complexity index is 758. The Balaban J connectivity index is 2.09. The van der Waals surface area contributed by atoms with Gasteiger partial charge in [0.2, 0.25) is 5.95 Å². The smallest absolute Gasteiger partial charge is 0.317 e. The number of halogens is 1. The molecule has 2 atom stereocenters. The van der Waals surface area contributed by atoms with Crippen molar-refractivity contribution in [3.63, 3.8) is 0 Å². The van der Waals surface area contributed by atoms with E-state index in [0.717, 1.165) is 10.0 Å². The number of tetrazole rings is 1.